The van der Waals surface area contributed by atoms with E-state index in [1.54, 1.807) is 36.4 Å². The molecule has 1 aliphatic heterocycles. The Morgan fingerprint density at radius 3 is 2.34 bits per heavy atom. The lowest BCUT2D eigenvalue weighted by Gasteiger charge is -2.38. The summed E-state index contributed by atoms with van der Waals surface area (Å²) >= 11 is 0. The highest BCUT2D eigenvalue weighted by molar-refractivity contribution is 7.92. The van der Waals surface area contributed by atoms with Crippen molar-refractivity contribution in [1.29, 1.82) is 0 Å². The minimum Gasteiger partial charge on any atom is -0.487 e. The second kappa shape index (κ2) is 9.38. The number of fused-ring (bicyclic) bond motifs is 1. The van der Waals surface area contributed by atoms with Crippen LogP contribution in [0.15, 0.2) is 71.6 Å². The average Bonchev–Trinajstić information content (AvgIpc) is 2.78. The number of carbonyl (C=O) groups is 1. The zero-order chi connectivity index (χ0) is 25.4. The monoisotopic (exact) mass is 492 g/mol. The first-order chi connectivity index (χ1) is 16.5. The van der Waals surface area contributed by atoms with E-state index in [1.165, 1.54) is 4.31 Å². The van der Waals surface area contributed by atoms with E-state index in [1.807, 2.05) is 65.0 Å². The summed E-state index contributed by atoms with van der Waals surface area (Å²) in [4.78, 5) is 13.5. The Kier molecular flexibility index (Phi) is 6.64. The van der Waals surface area contributed by atoms with E-state index < -0.39 is 15.6 Å². The van der Waals surface area contributed by atoms with Crippen molar-refractivity contribution >= 4 is 21.6 Å². The van der Waals surface area contributed by atoms with Crippen LogP contribution in [0.3, 0.4) is 0 Å². The molecule has 1 atom stereocenters. The number of nitrogens with zero attached hydrogens (tertiary/aromatic N) is 1. The first-order valence-corrected chi connectivity index (χ1v) is 13.1. The number of hydrogen-bond acceptors (Lipinski definition) is 4. The number of aryl methyl sites for hydroxylation is 3. The van der Waals surface area contributed by atoms with Crippen molar-refractivity contribution in [3.05, 3.63) is 89.0 Å². The Balaban J connectivity index is 1.67. The highest BCUT2D eigenvalue weighted by Crippen LogP contribution is 2.40. The van der Waals surface area contributed by atoms with Crippen molar-refractivity contribution < 1.29 is 17.9 Å². The molecular formula is C28H32N2O4S. The van der Waals surface area contributed by atoms with Crippen molar-refractivity contribution in [3.8, 4) is 5.75 Å². The van der Waals surface area contributed by atoms with Gasteiger partial charge < -0.3 is 10.1 Å². The van der Waals surface area contributed by atoms with Crippen LogP contribution in [-0.4, -0.2) is 26.5 Å². The number of benzene rings is 3. The molecule has 4 rings (SSSR count). The van der Waals surface area contributed by atoms with Crippen LogP contribution in [0.4, 0.5) is 5.69 Å². The van der Waals surface area contributed by atoms with Gasteiger partial charge in [-0.15, -0.1) is 0 Å². The summed E-state index contributed by atoms with van der Waals surface area (Å²) in [5.41, 5.74) is 3.71. The maximum Gasteiger partial charge on any atom is 0.264 e. The molecular weight excluding hydrogens is 460 g/mol. The van der Waals surface area contributed by atoms with Gasteiger partial charge in [0, 0.05) is 12.0 Å². The van der Waals surface area contributed by atoms with Crippen LogP contribution in [-0.2, 0) is 14.8 Å². The fourth-order valence-corrected chi connectivity index (χ4v) is 5.94. The number of carbonyl (C=O) groups excluding carboxylic acids is 1. The number of hydrogen-bond donors (Lipinski definition) is 1. The first-order valence-electron chi connectivity index (χ1n) is 11.7. The molecule has 3 aromatic rings. The summed E-state index contributed by atoms with van der Waals surface area (Å²) < 4.78 is 34.7. The second-order valence-electron chi connectivity index (χ2n) is 9.84. The standard InChI is InChI=1S/C28H32N2O4S/c1-19-10-13-22(14-11-19)35(32,33)30(25-9-7-6-8-21(25)3)18-27(31)29-24-17-28(4,5)34-26-15-12-20(2)16-23(24)26/h6-16,24H,17-18H2,1-5H3,(H,29,31). The molecule has 0 bridgehead atoms. The lowest BCUT2D eigenvalue weighted by atomic mass is 9.89. The Hall–Kier alpha value is -3.32. The Bertz CT molecular complexity index is 1350. The van der Waals surface area contributed by atoms with E-state index in [9.17, 15) is 13.2 Å². The van der Waals surface area contributed by atoms with Gasteiger partial charge in [-0.3, -0.25) is 9.10 Å². The van der Waals surface area contributed by atoms with Crippen LogP contribution in [0.2, 0.25) is 0 Å². The van der Waals surface area contributed by atoms with Gasteiger partial charge in [0.1, 0.15) is 17.9 Å². The van der Waals surface area contributed by atoms with Gasteiger partial charge in [-0.25, -0.2) is 8.42 Å². The summed E-state index contributed by atoms with van der Waals surface area (Å²) in [6.07, 6.45) is 0.574. The van der Waals surface area contributed by atoms with Crippen LogP contribution in [0, 0.1) is 20.8 Å². The maximum atomic E-state index is 13.7. The fourth-order valence-electron chi connectivity index (χ4n) is 4.45. The molecule has 184 valence electrons. The summed E-state index contributed by atoms with van der Waals surface area (Å²) in [6, 6.07) is 19.5. The van der Waals surface area contributed by atoms with Gasteiger partial charge in [-0.1, -0.05) is 53.6 Å². The fraction of sp³-hybridized carbons (Fsp3) is 0.321. The van der Waals surface area contributed by atoms with Crippen LogP contribution in [0.5, 0.6) is 5.75 Å². The van der Waals surface area contributed by atoms with E-state index in [-0.39, 0.29) is 23.4 Å². The molecule has 1 N–H and O–H groups in total. The molecule has 1 unspecified atom stereocenters. The average molecular weight is 493 g/mol. The molecule has 0 fully saturated rings. The predicted molar refractivity (Wildman–Crippen MR) is 138 cm³/mol. The third kappa shape index (κ3) is 5.35. The topological polar surface area (TPSA) is 75.7 Å². The Morgan fingerprint density at radius 1 is 1.00 bits per heavy atom. The van der Waals surface area contributed by atoms with Crippen molar-refractivity contribution in [3.63, 3.8) is 0 Å². The van der Waals surface area contributed by atoms with E-state index >= 15 is 0 Å². The molecule has 35 heavy (non-hydrogen) atoms. The molecule has 3 aromatic carbocycles. The van der Waals surface area contributed by atoms with E-state index in [0.717, 1.165) is 28.0 Å². The predicted octanol–water partition coefficient (Wildman–Crippen LogP) is 5.23. The molecule has 1 amide bonds. The van der Waals surface area contributed by atoms with Gasteiger partial charge in [0.15, 0.2) is 0 Å². The summed E-state index contributed by atoms with van der Waals surface area (Å²) in [5, 5.41) is 3.09. The Morgan fingerprint density at radius 2 is 1.66 bits per heavy atom. The van der Waals surface area contributed by atoms with Gasteiger partial charge >= 0.3 is 0 Å². The smallest absolute Gasteiger partial charge is 0.264 e. The molecule has 0 saturated heterocycles. The molecule has 0 radical (unpaired) electrons. The third-order valence-corrected chi connectivity index (χ3v) is 8.01. The van der Waals surface area contributed by atoms with Gasteiger partial charge in [-0.05, 0) is 64.4 Å². The zero-order valence-corrected chi connectivity index (χ0v) is 21.6. The molecule has 0 aromatic heterocycles. The van der Waals surface area contributed by atoms with Crippen LogP contribution >= 0.6 is 0 Å². The first kappa shape index (κ1) is 24.8. The number of anilines is 1. The number of nitrogens with one attached hydrogen (secondary N) is 1. The molecule has 0 aliphatic carbocycles. The largest absolute Gasteiger partial charge is 0.487 e. The minimum atomic E-state index is -3.97. The van der Waals surface area contributed by atoms with E-state index in [4.69, 9.17) is 4.74 Å². The molecule has 7 heteroatoms. The number of para-hydroxylation sites is 1. The minimum absolute atomic E-state index is 0.146. The van der Waals surface area contributed by atoms with Crippen molar-refractivity contribution in [2.75, 3.05) is 10.8 Å². The number of sulfonamides is 1. The normalized spacial score (nSPS) is 16.7. The second-order valence-corrected chi connectivity index (χ2v) is 11.7. The summed E-state index contributed by atoms with van der Waals surface area (Å²) in [5.74, 6) is 0.360. The van der Waals surface area contributed by atoms with Crippen molar-refractivity contribution in [2.45, 2.75) is 57.6 Å². The summed E-state index contributed by atoms with van der Waals surface area (Å²) in [7, 11) is -3.97. The number of ether oxygens (including phenoxy) is 1. The maximum absolute atomic E-state index is 13.7. The quantitative estimate of drug-likeness (QED) is 0.512. The van der Waals surface area contributed by atoms with Gasteiger partial charge in [0.05, 0.1) is 16.6 Å². The van der Waals surface area contributed by atoms with Crippen molar-refractivity contribution in [2.24, 2.45) is 0 Å². The van der Waals surface area contributed by atoms with Crippen LogP contribution < -0.4 is 14.4 Å². The molecule has 1 aliphatic rings. The lowest BCUT2D eigenvalue weighted by molar-refractivity contribution is -0.120. The third-order valence-electron chi connectivity index (χ3n) is 6.24. The highest BCUT2D eigenvalue weighted by Gasteiger charge is 2.36. The Labute approximate surface area is 208 Å². The van der Waals surface area contributed by atoms with Crippen LogP contribution in [0.1, 0.15) is 48.6 Å². The lowest BCUT2D eigenvalue weighted by Crippen LogP contribution is -2.45. The summed E-state index contributed by atoms with van der Waals surface area (Å²) in [6.45, 7) is 9.36. The van der Waals surface area contributed by atoms with Gasteiger partial charge in [0.25, 0.3) is 10.0 Å². The highest BCUT2D eigenvalue weighted by atomic mass is 32.2. The number of rotatable bonds is 6. The molecule has 1 heterocycles. The van der Waals surface area contributed by atoms with Crippen molar-refractivity contribution in [1.82, 2.24) is 5.32 Å². The SMILES string of the molecule is Cc1ccc(S(=O)(=O)N(CC(=O)NC2CC(C)(C)Oc3ccc(C)cc32)c2ccccc2C)cc1. The molecule has 0 saturated carbocycles. The van der Waals surface area contributed by atoms with Gasteiger partial charge in [-0.2, -0.15) is 0 Å². The van der Waals surface area contributed by atoms with Crippen LogP contribution in [0.25, 0.3) is 0 Å². The number of amides is 1. The molecule has 0 spiro atoms. The molecule has 6 nitrogen and oxygen atoms in total. The van der Waals surface area contributed by atoms with E-state index in [0.29, 0.717) is 12.1 Å². The van der Waals surface area contributed by atoms with E-state index in [2.05, 4.69) is 5.32 Å². The zero-order valence-electron chi connectivity index (χ0n) is 20.8. The van der Waals surface area contributed by atoms with Gasteiger partial charge in [0.2, 0.25) is 5.91 Å².